The molecule has 2 saturated heterocycles. The number of ether oxygens (including phenoxy) is 1. The van der Waals surface area contributed by atoms with Crippen molar-refractivity contribution in [2.45, 2.75) is 39.2 Å². The average molecular weight is 406 g/mol. The number of aromatic nitrogens is 3. The lowest BCUT2D eigenvalue weighted by molar-refractivity contribution is 0.122. The standard InChI is InChI=1S/C24H31N5O/c1-18-12-19(2)14-20(13-18)15-27-7-3-4-21(16-27)24-25-23-6-5-22(17-29(23)26-24)28-8-10-30-11-9-28/h5-6,12-14,17,21H,3-4,7-11,15-16H2,1-2H3. The normalized spacial score (nSPS) is 20.7. The summed E-state index contributed by atoms with van der Waals surface area (Å²) in [4.78, 5) is 9.79. The Kier molecular flexibility index (Phi) is 5.44. The molecule has 1 aromatic carbocycles. The third kappa shape index (κ3) is 4.20. The second-order valence-electron chi connectivity index (χ2n) is 8.83. The highest BCUT2D eigenvalue weighted by Crippen LogP contribution is 2.27. The van der Waals surface area contributed by atoms with E-state index in [9.17, 15) is 0 Å². The number of hydrogen-bond acceptors (Lipinski definition) is 5. The van der Waals surface area contributed by atoms with Gasteiger partial charge in [-0.2, -0.15) is 5.10 Å². The van der Waals surface area contributed by atoms with E-state index in [1.54, 1.807) is 0 Å². The average Bonchev–Trinajstić information content (AvgIpc) is 3.17. The lowest BCUT2D eigenvalue weighted by Gasteiger charge is -2.31. The smallest absolute Gasteiger partial charge is 0.156 e. The molecule has 2 aromatic heterocycles. The van der Waals surface area contributed by atoms with E-state index in [1.807, 2.05) is 4.52 Å². The Morgan fingerprint density at radius 3 is 2.63 bits per heavy atom. The first-order chi connectivity index (χ1) is 14.6. The van der Waals surface area contributed by atoms with Crippen molar-refractivity contribution >= 4 is 11.3 Å². The van der Waals surface area contributed by atoms with Gasteiger partial charge in [-0.25, -0.2) is 9.50 Å². The molecule has 158 valence electrons. The Balaban J connectivity index is 1.31. The second-order valence-corrected chi connectivity index (χ2v) is 8.83. The first-order valence-corrected chi connectivity index (χ1v) is 11.1. The van der Waals surface area contributed by atoms with E-state index < -0.39 is 0 Å². The molecular weight excluding hydrogens is 374 g/mol. The molecule has 2 aliphatic heterocycles. The number of morpholine rings is 1. The van der Waals surface area contributed by atoms with Crippen molar-refractivity contribution < 1.29 is 4.74 Å². The predicted molar refractivity (Wildman–Crippen MR) is 119 cm³/mol. The van der Waals surface area contributed by atoms with E-state index in [4.69, 9.17) is 14.8 Å². The molecule has 30 heavy (non-hydrogen) atoms. The number of pyridine rings is 1. The Labute approximate surface area is 178 Å². The number of likely N-dealkylation sites (tertiary alicyclic amines) is 1. The van der Waals surface area contributed by atoms with Crippen LogP contribution in [0, 0.1) is 13.8 Å². The molecule has 2 fully saturated rings. The largest absolute Gasteiger partial charge is 0.378 e. The van der Waals surface area contributed by atoms with E-state index >= 15 is 0 Å². The van der Waals surface area contributed by atoms with Gasteiger partial charge in [-0.1, -0.05) is 29.3 Å². The van der Waals surface area contributed by atoms with Crippen molar-refractivity contribution in [2.75, 3.05) is 44.3 Å². The number of benzene rings is 1. The molecule has 1 unspecified atom stereocenters. The van der Waals surface area contributed by atoms with Gasteiger partial charge in [0.05, 0.1) is 25.1 Å². The minimum absolute atomic E-state index is 0.399. The van der Waals surface area contributed by atoms with Crippen LogP contribution in [0.1, 0.15) is 41.3 Å². The van der Waals surface area contributed by atoms with Crippen LogP contribution in [-0.4, -0.2) is 58.9 Å². The van der Waals surface area contributed by atoms with Crippen LogP contribution < -0.4 is 4.90 Å². The van der Waals surface area contributed by atoms with E-state index in [0.29, 0.717) is 5.92 Å². The number of nitrogens with zero attached hydrogens (tertiary/aromatic N) is 5. The molecule has 3 aromatic rings. The molecule has 1 atom stereocenters. The van der Waals surface area contributed by atoms with Gasteiger partial charge < -0.3 is 9.64 Å². The SMILES string of the molecule is Cc1cc(C)cc(CN2CCCC(c3nc4ccc(N5CCOCC5)cn4n3)C2)c1. The van der Waals surface area contributed by atoms with Crippen LogP contribution in [-0.2, 0) is 11.3 Å². The van der Waals surface area contributed by atoms with Crippen LogP contribution in [0.25, 0.3) is 5.65 Å². The highest BCUT2D eigenvalue weighted by Gasteiger charge is 2.25. The second kappa shape index (κ2) is 8.36. The molecule has 0 bridgehead atoms. The van der Waals surface area contributed by atoms with Gasteiger partial charge in [0.25, 0.3) is 0 Å². The molecule has 0 radical (unpaired) electrons. The van der Waals surface area contributed by atoms with Crippen LogP contribution in [0.3, 0.4) is 0 Å². The summed E-state index contributed by atoms with van der Waals surface area (Å²) < 4.78 is 7.44. The summed E-state index contributed by atoms with van der Waals surface area (Å²) in [5.74, 6) is 1.38. The Morgan fingerprint density at radius 1 is 1.03 bits per heavy atom. The summed E-state index contributed by atoms with van der Waals surface area (Å²) in [7, 11) is 0. The van der Waals surface area contributed by atoms with E-state index in [2.05, 4.69) is 60.2 Å². The van der Waals surface area contributed by atoms with Gasteiger partial charge in [0, 0.05) is 32.1 Å². The highest BCUT2D eigenvalue weighted by molar-refractivity contribution is 5.51. The molecule has 5 rings (SSSR count). The number of fused-ring (bicyclic) bond motifs is 1. The van der Waals surface area contributed by atoms with Gasteiger partial charge in [-0.05, 0) is 50.9 Å². The third-order valence-corrected chi connectivity index (χ3v) is 6.27. The minimum Gasteiger partial charge on any atom is -0.378 e. The van der Waals surface area contributed by atoms with Gasteiger partial charge in [-0.15, -0.1) is 0 Å². The van der Waals surface area contributed by atoms with Crippen molar-refractivity contribution in [3.8, 4) is 0 Å². The highest BCUT2D eigenvalue weighted by atomic mass is 16.5. The third-order valence-electron chi connectivity index (χ3n) is 6.27. The quantitative estimate of drug-likeness (QED) is 0.664. The minimum atomic E-state index is 0.399. The number of aryl methyl sites for hydroxylation is 2. The molecule has 2 aliphatic rings. The van der Waals surface area contributed by atoms with E-state index in [1.165, 1.54) is 28.8 Å². The van der Waals surface area contributed by atoms with Crippen LogP contribution in [0.5, 0.6) is 0 Å². The van der Waals surface area contributed by atoms with Gasteiger partial charge >= 0.3 is 0 Å². The van der Waals surface area contributed by atoms with Crippen molar-refractivity contribution in [3.63, 3.8) is 0 Å². The summed E-state index contributed by atoms with van der Waals surface area (Å²) in [6, 6.07) is 11.1. The molecule has 0 N–H and O–H groups in total. The molecule has 0 spiro atoms. The maximum atomic E-state index is 5.48. The number of hydrogen-bond donors (Lipinski definition) is 0. The Hall–Kier alpha value is -2.44. The fourth-order valence-electron chi connectivity index (χ4n) is 4.90. The van der Waals surface area contributed by atoms with Gasteiger partial charge in [0.2, 0.25) is 0 Å². The molecule has 0 aliphatic carbocycles. The molecule has 0 saturated carbocycles. The fraction of sp³-hybridized carbons (Fsp3) is 0.500. The zero-order chi connectivity index (χ0) is 20.5. The summed E-state index contributed by atoms with van der Waals surface area (Å²) in [5.41, 5.74) is 6.23. The van der Waals surface area contributed by atoms with Crippen LogP contribution in [0.2, 0.25) is 0 Å². The number of anilines is 1. The van der Waals surface area contributed by atoms with Gasteiger partial charge in [-0.3, -0.25) is 4.90 Å². The van der Waals surface area contributed by atoms with Crippen molar-refractivity contribution in [1.29, 1.82) is 0 Å². The zero-order valence-electron chi connectivity index (χ0n) is 18.0. The summed E-state index contributed by atoms with van der Waals surface area (Å²) in [5, 5.41) is 4.88. The van der Waals surface area contributed by atoms with Gasteiger partial charge in [0.15, 0.2) is 11.5 Å². The van der Waals surface area contributed by atoms with E-state index in [-0.39, 0.29) is 0 Å². The lowest BCUT2D eigenvalue weighted by atomic mass is 9.96. The Bertz CT molecular complexity index is 1000. The maximum Gasteiger partial charge on any atom is 0.156 e. The number of rotatable bonds is 4. The topological polar surface area (TPSA) is 45.9 Å². The van der Waals surface area contributed by atoms with Crippen molar-refractivity contribution in [1.82, 2.24) is 19.5 Å². The zero-order valence-corrected chi connectivity index (χ0v) is 18.0. The van der Waals surface area contributed by atoms with E-state index in [0.717, 1.165) is 63.8 Å². The van der Waals surface area contributed by atoms with Crippen molar-refractivity contribution in [2.24, 2.45) is 0 Å². The number of piperidine rings is 1. The first kappa shape index (κ1) is 19.5. The monoisotopic (exact) mass is 405 g/mol. The first-order valence-electron chi connectivity index (χ1n) is 11.1. The molecule has 4 heterocycles. The molecule has 0 amide bonds. The fourth-order valence-corrected chi connectivity index (χ4v) is 4.90. The molecule has 6 heteroatoms. The molecule has 6 nitrogen and oxygen atoms in total. The van der Waals surface area contributed by atoms with Gasteiger partial charge in [0.1, 0.15) is 0 Å². The molecular formula is C24H31N5O. The summed E-state index contributed by atoms with van der Waals surface area (Å²) in [6.45, 7) is 11.0. The predicted octanol–water partition coefficient (Wildman–Crippen LogP) is 3.56. The van der Waals surface area contributed by atoms with Crippen molar-refractivity contribution in [3.05, 3.63) is 59.0 Å². The maximum absolute atomic E-state index is 5.48. The Morgan fingerprint density at radius 2 is 1.83 bits per heavy atom. The summed E-state index contributed by atoms with van der Waals surface area (Å²) >= 11 is 0. The van der Waals surface area contributed by atoms with Crippen LogP contribution in [0.15, 0.2) is 36.5 Å². The summed E-state index contributed by atoms with van der Waals surface area (Å²) in [6.07, 6.45) is 4.48. The van der Waals surface area contributed by atoms with Crippen LogP contribution >= 0.6 is 0 Å². The lowest BCUT2D eigenvalue weighted by Crippen LogP contribution is -2.36. The van der Waals surface area contributed by atoms with Crippen LogP contribution in [0.4, 0.5) is 5.69 Å².